The summed E-state index contributed by atoms with van der Waals surface area (Å²) in [5, 5.41) is 3.21. The van der Waals surface area contributed by atoms with Crippen LogP contribution in [0.5, 0.6) is 0 Å². The first-order valence-corrected chi connectivity index (χ1v) is 8.20. The Morgan fingerprint density at radius 2 is 1.84 bits per heavy atom. The summed E-state index contributed by atoms with van der Waals surface area (Å²) in [6.45, 7) is 1.91. The summed E-state index contributed by atoms with van der Waals surface area (Å²) in [5.74, 6) is -0.189. The van der Waals surface area contributed by atoms with E-state index in [9.17, 15) is 9.59 Å². The van der Waals surface area contributed by atoms with Gasteiger partial charge in [0.15, 0.2) is 0 Å². The van der Waals surface area contributed by atoms with E-state index < -0.39 is 5.91 Å². The molecule has 0 radical (unpaired) electrons. The maximum Gasteiger partial charge on any atom is 0.270 e. The lowest BCUT2D eigenvalue weighted by molar-refractivity contribution is -0.131. The Morgan fingerprint density at radius 3 is 2.48 bits per heavy atom. The second-order valence-corrected chi connectivity index (χ2v) is 5.88. The summed E-state index contributed by atoms with van der Waals surface area (Å²) in [6, 6.07) is 9.86. The highest BCUT2D eigenvalue weighted by molar-refractivity contribution is 6.30. The highest BCUT2D eigenvalue weighted by Gasteiger charge is 2.23. The molecular weight excluding hydrogens is 344 g/mol. The third kappa shape index (κ3) is 4.49. The van der Waals surface area contributed by atoms with Crippen LogP contribution in [0.3, 0.4) is 0 Å². The summed E-state index contributed by atoms with van der Waals surface area (Å²) in [6.07, 6.45) is 3.02. The molecule has 1 N–H and O–H groups in total. The van der Waals surface area contributed by atoms with Gasteiger partial charge in [0.1, 0.15) is 11.5 Å². The average Bonchev–Trinajstić information content (AvgIpc) is 3.15. The molecule has 0 atom stereocenters. The number of halogens is 1. The molecule has 2 amide bonds. The molecule has 1 aliphatic heterocycles. The standard InChI is InChI=1S/C18H17ClN2O4/c19-14-5-3-13(4-6-14)17(22)20-16(12-15-2-1-9-25-15)18(23)21-7-10-24-11-8-21/h1-6,9,12H,7-8,10-11H2,(H,20,22). The normalized spacial score (nSPS) is 15.1. The second kappa shape index (κ2) is 8.00. The largest absolute Gasteiger partial charge is 0.465 e. The number of rotatable bonds is 4. The summed E-state index contributed by atoms with van der Waals surface area (Å²) < 4.78 is 10.5. The molecular formula is C18H17ClN2O4. The predicted octanol–water partition coefficient (Wildman–Crippen LogP) is 2.56. The molecule has 2 heterocycles. The molecule has 25 heavy (non-hydrogen) atoms. The maximum atomic E-state index is 12.8. The van der Waals surface area contributed by atoms with E-state index in [0.717, 1.165) is 0 Å². The Kier molecular flexibility index (Phi) is 5.53. The molecule has 1 aromatic carbocycles. The van der Waals surface area contributed by atoms with Gasteiger partial charge in [0, 0.05) is 29.8 Å². The lowest BCUT2D eigenvalue weighted by atomic mass is 10.2. The highest BCUT2D eigenvalue weighted by atomic mass is 35.5. The molecule has 0 unspecified atom stereocenters. The van der Waals surface area contributed by atoms with Gasteiger partial charge in [-0.2, -0.15) is 0 Å². The number of furan rings is 1. The van der Waals surface area contributed by atoms with Crippen molar-refractivity contribution in [2.24, 2.45) is 0 Å². The zero-order valence-electron chi connectivity index (χ0n) is 13.4. The minimum absolute atomic E-state index is 0.150. The van der Waals surface area contributed by atoms with Crippen molar-refractivity contribution in [2.45, 2.75) is 0 Å². The van der Waals surface area contributed by atoms with Crippen molar-refractivity contribution in [1.29, 1.82) is 0 Å². The lowest BCUT2D eigenvalue weighted by Crippen LogP contribution is -2.44. The Labute approximate surface area is 150 Å². The van der Waals surface area contributed by atoms with Crippen LogP contribution in [-0.4, -0.2) is 43.0 Å². The number of amides is 2. The molecule has 1 aromatic heterocycles. The molecule has 0 spiro atoms. The van der Waals surface area contributed by atoms with Gasteiger partial charge in [0.05, 0.1) is 19.5 Å². The van der Waals surface area contributed by atoms with Crippen LogP contribution in [0.15, 0.2) is 52.8 Å². The number of nitrogens with one attached hydrogen (secondary N) is 1. The molecule has 6 nitrogen and oxygen atoms in total. The number of ether oxygens (including phenoxy) is 1. The molecule has 1 aliphatic rings. The van der Waals surface area contributed by atoms with E-state index in [-0.39, 0.29) is 11.6 Å². The van der Waals surface area contributed by atoms with E-state index in [0.29, 0.717) is 42.6 Å². The number of hydrogen-bond donors (Lipinski definition) is 1. The smallest absolute Gasteiger partial charge is 0.270 e. The zero-order valence-corrected chi connectivity index (χ0v) is 14.2. The van der Waals surface area contributed by atoms with Gasteiger partial charge in [-0.25, -0.2) is 0 Å². The van der Waals surface area contributed by atoms with Crippen LogP contribution < -0.4 is 5.32 Å². The Bertz CT molecular complexity index is 763. The third-order valence-corrected chi connectivity index (χ3v) is 3.97. The minimum atomic E-state index is -0.393. The van der Waals surface area contributed by atoms with Gasteiger partial charge in [-0.15, -0.1) is 0 Å². The van der Waals surface area contributed by atoms with Crippen LogP contribution in [0, 0.1) is 0 Å². The first-order valence-electron chi connectivity index (χ1n) is 7.82. The topological polar surface area (TPSA) is 71.8 Å². The SMILES string of the molecule is O=C(NC(=Cc1ccco1)C(=O)N1CCOCC1)c1ccc(Cl)cc1. The van der Waals surface area contributed by atoms with Gasteiger partial charge in [-0.05, 0) is 36.4 Å². The summed E-state index contributed by atoms with van der Waals surface area (Å²) in [7, 11) is 0. The molecule has 0 saturated carbocycles. The van der Waals surface area contributed by atoms with Crippen molar-refractivity contribution in [3.63, 3.8) is 0 Å². The number of carbonyl (C=O) groups is 2. The minimum Gasteiger partial charge on any atom is -0.465 e. The number of carbonyl (C=O) groups excluding carboxylic acids is 2. The zero-order chi connectivity index (χ0) is 17.6. The van der Waals surface area contributed by atoms with Crippen LogP contribution in [0.4, 0.5) is 0 Å². The Morgan fingerprint density at radius 1 is 1.12 bits per heavy atom. The van der Waals surface area contributed by atoms with Crippen LogP contribution in [0.25, 0.3) is 6.08 Å². The van der Waals surface area contributed by atoms with Crippen LogP contribution in [0.2, 0.25) is 5.02 Å². The second-order valence-electron chi connectivity index (χ2n) is 5.44. The fourth-order valence-electron chi connectivity index (χ4n) is 2.40. The fraction of sp³-hybridized carbons (Fsp3) is 0.222. The van der Waals surface area contributed by atoms with Crippen molar-refractivity contribution in [2.75, 3.05) is 26.3 Å². The number of morpholine rings is 1. The lowest BCUT2D eigenvalue weighted by Gasteiger charge is -2.27. The molecule has 3 rings (SSSR count). The van der Waals surface area contributed by atoms with Gasteiger partial charge < -0.3 is 19.4 Å². The number of nitrogens with zero attached hydrogens (tertiary/aromatic N) is 1. The molecule has 0 aliphatic carbocycles. The predicted molar refractivity (Wildman–Crippen MR) is 93.0 cm³/mol. The molecule has 2 aromatic rings. The number of benzene rings is 1. The molecule has 0 bridgehead atoms. The summed E-state index contributed by atoms with van der Waals surface area (Å²) in [5.41, 5.74) is 0.557. The monoisotopic (exact) mass is 360 g/mol. The fourth-order valence-corrected chi connectivity index (χ4v) is 2.53. The van der Waals surface area contributed by atoms with E-state index >= 15 is 0 Å². The summed E-state index contributed by atoms with van der Waals surface area (Å²) in [4.78, 5) is 26.9. The quantitative estimate of drug-likeness (QED) is 0.850. The van der Waals surface area contributed by atoms with E-state index in [1.807, 2.05) is 0 Å². The number of hydrogen-bond acceptors (Lipinski definition) is 4. The van der Waals surface area contributed by atoms with Gasteiger partial charge in [-0.3, -0.25) is 9.59 Å². The molecule has 1 saturated heterocycles. The van der Waals surface area contributed by atoms with Crippen molar-refractivity contribution < 1.29 is 18.7 Å². The molecule has 130 valence electrons. The highest BCUT2D eigenvalue weighted by Crippen LogP contribution is 2.13. The molecule has 7 heteroatoms. The van der Waals surface area contributed by atoms with Crippen LogP contribution in [-0.2, 0) is 9.53 Å². The van der Waals surface area contributed by atoms with Gasteiger partial charge in [0.2, 0.25) is 0 Å². The van der Waals surface area contributed by atoms with Crippen LogP contribution in [0.1, 0.15) is 16.1 Å². The summed E-state index contributed by atoms with van der Waals surface area (Å²) >= 11 is 5.84. The maximum absolute atomic E-state index is 12.8. The van der Waals surface area contributed by atoms with E-state index in [1.54, 1.807) is 41.3 Å². The first-order chi connectivity index (χ1) is 12.1. The third-order valence-electron chi connectivity index (χ3n) is 3.71. The van der Waals surface area contributed by atoms with Gasteiger partial charge in [0.25, 0.3) is 11.8 Å². The van der Waals surface area contributed by atoms with Crippen molar-refractivity contribution >= 4 is 29.5 Å². The van der Waals surface area contributed by atoms with Crippen molar-refractivity contribution in [3.8, 4) is 0 Å². The van der Waals surface area contributed by atoms with E-state index in [4.69, 9.17) is 20.8 Å². The van der Waals surface area contributed by atoms with E-state index in [2.05, 4.69) is 5.32 Å². The average molecular weight is 361 g/mol. The van der Waals surface area contributed by atoms with Crippen LogP contribution >= 0.6 is 11.6 Å². The van der Waals surface area contributed by atoms with E-state index in [1.165, 1.54) is 12.3 Å². The van der Waals surface area contributed by atoms with Crippen molar-refractivity contribution in [3.05, 3.63) is 64.7 Å². The Hall–Kier alpha value is -2.57. The van der Waals surface area contributed by atoms with Gasteiger partial charge in [-0.1, -0.05) is 11.6 Å². The first kappa shape index (κ1) is 17.3. The van der Waals surface area contributed by atoms with Gasteiger partial charge >= 0.3 is 0 Å². The van der Waals surface area contributed by atoms with Crippen molar-refractivity contribution in [1.82, 2.24) is 10.2 Å². The molecule has 1 fully saturated rings. The Balaban J connectivity index is 1.82.